The highest BCUT2D eigenvalue weighted by Gasteiger charge is 2.34. The lowest BCUT2D eigenvalue weighted by Gasteiger charge is -2.27. The molecule has 0 spiro atoms. The van der Waals surface area contributed by atoms with Crippen molar-refractivity contribution in [3.05, 3.63) is 0 Å². The Balaban J connectivity index is -0.00000840. The van der Waals surface area contributed by atoms with Crippen LogP contribution < -0.4 is 12.3 Å². The molecule has 0 amide bonds. The zero-order chi connectivity index (χ0) is 31.2. The van der Waals surface area contributed by atoms with Gasteiger partial charge in [-0.05, 0) is 12.8 Å². The summed E-state index contributed by atoms with van der Waals surface area (Å²) in [6, 6.07) is 0. The minimum absolute atomic E-state index is 0. The van der Waals surface area contributed by atoms with Crippen LogP contribution in [0.5, 0.6) is 0 Å². The Hall–Kier alpha value is -0.110. The SMILES string of the molecule is CCCCCCCCCCCCCCCCCCCCCC(OP(=O)(O)O)C(CCCCCCCCCCC)C(F)F.N.N. The maximum absolute atomic E-state index is 13.9. The van der Waals surface area contributed by atoms with Crippen LogP contribution in [0.3, 0.4) is 0 Å². The quantitative estimate of drug-likeness (QED) is 0.0401. The molecule has 0 aromatic heterocycles. The lowest BCUT2D eigenvalue weighted by atomic mass is 9.91. The molecule has 270 valence electrons. The van der Waals surface area contributed by atoms with Crippen molar-refractivity contribution in [2.24, 2.45) is 5.92 Å². The van der Waals surface area contributed by atoms with E-state index < -0.39 is 26.3 Å². The summed E-state index contributed by atoms with van der Waals surface area (Å²) in [5, 5.41) is 0. The number of halogens is 2. The van der Waals surface area contributed by atoms with Crippen LogP contribution in [-0.4, -0.2) is 22.3 Å². The number of hydrogen-bond donors (Lipinski definition) is 4. The average molecular weight is 659 g/mol. The molecule has 0 heterocycles. The van der Waals surface area contributed by atoms with E-state index in [0.29, 0.717) is 12.8 Å². The van der Waals surface area contributed by atoms with Crippen molar-refractivity contribution in [1.29, 1.82) is 0 Å². The molecule has 6 nitrogen and oxygen atoms in total. The summed E-state index contributed by atoms with van der Waals surface area (Å²) in [5.74, 6) is -1.11. The lowest BCUT2D eigenvalue weighted by Crippen LogP contribution is -2.29. The molecule has 9 heteroatoms. The van der Waals surface area contributed by atoms with Crippen LogP contribution >= 0.6 is 7.82 Å². The summed E-state index contributed by atoms with van der Waals surface area (Å²) in [5.41, 5.74) is 0. The first-order valence-electron chi connectivity index (χ1n) is 18.3. The monoisotopic (exact) mass is 659 g/mol. The Morgan fingerprint density at radius 3 is 0.977 bits per heavy atom. The number of unbranched alkanes of at least 4 members (excludes halogenated alkanes) is 26. The molecular formula is C35H77F2N2O4P. The molecule has 0 saturated carbocycles. The topological polar surface area (TPSA) is 137 Å². The van der Waals surface area contributed by atoms with Crippen molar-refractivity contribution in [2.75, 3.05) is 0 Å². The van der Waals surface area contributed by atoms with Crippen LogP contribution in [0.15, 0.2) is 0 Å². The van der Waals surface area contributed by atoms with Crippen molar-refractivity contribution in [1.82, 2.24) is 12.3 Å². The van der Waals surface area contributed by atoms with E-state index in [2.05, 4.69) is 13.8 Å². The van der Waals surface area contributed by atoms with E-state index >= 15 is 0 Å². The van der Waals surface area contributed by atoms with E-state index in [1.54, 1.807) is 0 Å². The fraction of sp³-hybridized carbons (Fsp3) is 1.00. The largest absolute Gasteiger partial charge is 0.469 e. The molecule has 2 unspecified atom stereocenters. The second-order valence-corrected chi connectivity index (χ2v) is 14.1. The lowest BCUT2D eigenvalue weighted by molar-refractivity contribution is -0.0167. The first kappa shape index (κ1) is 48.3. The molecule has 44 heavy (non-hydrogen) atoms. The van der Waals surface area contributed by atoms with E-state index in [0.717, 1.165) is 38.5 Å². The van der Waals surface area contributed by atoms with Gasteiger partial charge in [-0.1, -0.05) is 194 Å². The van der Waals surface area contributed by atoms with Crippen molar-refractivity contribution >= 4 is 7.82 Å². The van der Waals surface area contributed by atoms with Crippen molar-refractivity contribution < 1.29 is 27.7 Å². The van der Waals surface area contributed by atoms with Crippen molar-refractivity contribution in [3.63, 3.8) is 0 Å². The maximum Gasteiger partial charge on any atom is 0.469 e. The molecule has 0 aromatic carbocycles. The summed E-state index contributed by atoms with van der Waals surface area (Å²) < 4.78 is 44.2. The first-order chi connectivity index (χ1) is 20.3. The van der Waals surface area contributed by atoms with Gasteiger partial charge in [0, 0.05) is 5.92 Å². The minimum Gasteiger partial charge on any atom is -0.344 e. The summed E-state index contributed by atoms with van der Waals surface area (Å²) in [6.45, 7) is 4.47. The highest BCUT2D eigenvalue weighted by atomic mass is 31.2. The van der Waals surface area contributed by atoms with Gasteiger partial charge in [-0.2, -0.15) is 0 Å². The Morgan fingerprint density at radius 2 is 0.727 bits per heavy atom. The minimum atomic E-state index is -4.81. The smallest absolute Gasteiger partial charge is 0.344 e. The summed E-state index contributed by atoms with van der Waals surface area (Å²) in [6.07, 6.45) is 30.9. The van der Waals surface area contributed by atoms with Gasteiger partial charge in [-0.15, -0.1) is 0 Å². The molecule has 0 aromatic rings. The predicted octanol–water partition coefficient (Wildman–Crippen LogP) is 13.4. The van der Waals surface area contributed by atoms with Gasteiger partial charge < -0.3 is 22.1 Å². The van der Waals surface area contributed by atoms with E-state index in [-0.39, 0.29) is 25.1 Å². The fourth-order valence-electron chi connectivity index (χ4n) is 6.11. The third-order valence-corrected chi connectivity index (χ3v) is 9.35. The molecule has 8 N–H and O–H groups in total. The van der Waals surface area contributed by atoms with Crippen molar-refractivity contribution in [2.45, 2.75) is 219 Å². The molecule has 0 saturated heterocycles. The van der Waals surface area contributed by atoms with Crippen LogP contribution in [0.2, 0.25) is 0 Å². The normalized spacial score (nSPS) is 13.1. The predicted molar refractivity (Wildman–Crippen MR) is 186 cm³/mol. The maximum atomic E-state index is 13.9. The molecular weight excluding hydrogens is 581 g/mol. The zero-order valence-corrected chi connectivity index (χ0v) is 30.2. The van der Waals surface area contributed by atoms with Crippen LogP contribution in [0, 0.1) is 5.92 Å². The van der Waals surface area contributed by atoms with Gasteiger partial charge in [-0.25, -0.2) is 13.3 Å². The molecule has 0 bridgehead atoms. The Labute approximate surface area is 272 Å². The van der Waals surface area contributed by atoms with Gasteiger partial charge in [-0.3, -0.25) is 4.52 Å². The van der Waals surface area contributed by atoms with E-state index in [1.807, 2.05) is 0 Å². The summed E-state index contributed by atoms with van der Waals surface area (Å²) >= 11 is 0. The van der Waals surface area contributed by atoms with E-state index in [9.17, 15) is 23.1 Å². The standard InChI is InChI=1S/C35H71F2O4P.2H3N/c1-3-5-7-9-11-13-14-15-16-17-18-19-20-21-22-24-26-28-30-32-34(41-42(38,39)40)33(35(36)37)31-29-27-25-23-12-10-8-6-4-2;;/h33-35H,3-32H2,1-2H3,(H2,38,39,40);2*1H3. The molecule has 0 aliphatic carbocycles. The molecule has 0 aliphatic rings. The van der Waals surface area contributed by atoms with Crippen LogP contribution in [0.4, 0.5) is 8.78 Å². The van der Waals surface area contributed by atoms with Gasteiger partial charge in [0.25, 0.3) is 0 Å². The average Bonchev–Trinajstić information content (AvgIpc) is 2.94. The highest BCUT2D eigenvalue weighted by Crippen LogP contribution is 2.42. The summed E-state index contributed by atoms with van der Waals surface area (Å²) in [7, 11) is -4.81. The number of phosphoric acid groups is 1. The van der Waals surface area contributed by atoms with E-state index in [4.69, 9.17) is 4.52 Å². The number of rotatable bonds is 34. The first-order valence-corrected chi connectivity index (χ1v) is 19.9. The van der Waals surface area contributed by atoms with Gasteiger partial charge in [0.05, 0.1) is 6.10 Å². The Kier molecular flexibility index (Phi) is 39.2. The molecule has 0 fully saturated rings. The number of alkyl halides is 2. The molecule has 0 rings (SSSR count). The second-order valence-electron chi connectivity index (χ2n) is 12.9. The third kappa shape index (κ3) is 34.8. The second kappa shape index (κ2) is 35.7. The van der Waals surface area contributed by atoms with Gasteiger partial charge >= 0.3 is 7.82 Å². The Morgan fingerprint density at radius 1 is 0.477 bits per heavy atom. The molecule has 0 radical (unpaired) electrons. The zero-order valence-electron chi connectivity index (χ0n) is 29.3. The van der Waals surface area contributed by atoms with Gasteiger partial charge in [0.15, 0.2) is 0 Å². The third-order valence-electron chi connectivity index (χ3n) is 8.81. The van der Waals surface area contributed by atoms with Gasteiger partial charge in [0.2, 0.25) is 6.43 Å². The molecule has 0 aliphatic heterocycles. The summed E-state index contributed by atoms with van der Waals surface area (Å²) in [4.78, 5) is 18.7. The number of hydrogen-bond acceptors (Lipinski definition) is 4. The Bertz CT molecular complexity index is 599. The molecule has 2 atom stereocenters. The highest BCUT2D eigenvalue weighted by molar-refractivity contribution is 7.46. The van der Waals surface area contributed by atoms with Crippen LogP contribution in [-0.2, 0) is 9.09 Å². The van der Waals surface area contributed by atoms with Crippen LogP contribution in [0.1, 0.15) is 206 Å². The van der Waals surface area contributed by atoms with E-state index in [1.165, 1.54) is 128 Å². The van der Waals surface area contributed by atoms with Crippen molar-refractivity contribution in [3.8, 4) is 0 Å². The fourth-order valence-corrected chi connectivity index (χ4v) is 6.72. The van der Waals surface area contributed by atoms with Crippen LogP contribution in [0.25, 0.3) is 0 Å². The van der Waals surface area contributed by atoms with Gasteiger partial charge in [0.1, 0.15) is 0 Å². The number of phosphoric ester groups is 1.